The largest absolute Gasteiger partial charge is 0.322 e. The van der Waals surface area contributed by atoms with E-state index in [1.165, 1.54) is 24.3 Å². The van der Waals surface area contributed by atoms with Crippen molar-refractivity contribution in [2.24, 2.45) is 0 Å². The molecular formula is C52H52N4O8S2+2. The molecule has 0 unspecified atom stereocenters. The number of anilines is 2. The number of pyridine rings is 2. The molecule has 0 aliphatic heterocycles. The summed E-state index contributed by atoms with van der Waals surface area (Å²) in [5, 5.41) is 8.22. The molecule has 2 aromatic heterocycles. The number of nitrogens with one attached hydrogen (secondary N) is 2. The van der Waals surface area contributed by atoms with Gasteiger partial charge in [-0.2, -0.15) is 26.0 Å². The van der Waals surface area contributed by atoms with Crippen LogP contribution < -0.4 is 19.8 Å². The maximum absolute atomic E-state index is 13.0. The first kappa shape index (κ1) is 48.4. The van der Waals surface area contributed by atoms with E-state index in [9.17, 15) is 26.4 Å². The highest BCUT2D eigenvalue weighted by Gasteiger charge is 2.14. The third kappa shape index (κ3) is 13.0. The lowest BCUT2D eigenvalue weighted by Crippen LogP contribution is -2.33. The first-order valence-electron chi connectivity index (χ1n) is 21.3. The fourth-order valence-corrected chi connectivity index (χ4v) is 8.00. The van der Waals surface area contributed by atoms with Gasteiger partial charge in [0.2, 0.25) is 11.0 Å². The number of amides is 2. The topological polar surface area (TPSA) is 175 Å². The Bertz CT molecular complexity index is 2980. The lowest BCUT2D eigenvalue weighted by Gasteiger charge is -2.09. The highest BCUT2D eigenvalue weighted by molar-refractivity contribution is 7.86. The molecule has 0 spiro atoms. The second-order valence-corrected chi connectivity index (χ2v) is 18.4. The Morgan fingerprint density at radius 2 is 0.833 bits per heavy atom. The van der Waals surface area contributed by atoms with Crippen molar-refractivity contribution in [3.8, 4) is 11.1 Å². The number of aromatic nitrogens is 2. The van der Waals surface area contributed by atoms with Crippen LogP contribution in [-0.2, 0) is 33.3 Å². The predicted molar refractivity (Wildman–Crippen MR) is 259 cm³/mol. The zero-order valence-corrected chi connectivity index (χ0v) is 38.7. The lowest BCUT2D eigenvalue weighted by atomic mass is 10.0. The summed E-state index contributed by atoms with van der Waals surface area (Å²) in [6.45, 7) is 9.91. The second kappa shape index (κ2) is 21.7. The van der Waals surface area contributed by atoms with E-state index < -0.39 is 20.2 Å². The van der Waals surface area contributed by atoms with Gasteiger partial charge >= 0.3 is 0 Å². The number of fused-ring (bicyclic) bond motifs is 2. The minimum absolute atomic E-state index is 0.0666. The predicted octanol–water partition coefficient (Wildman–Crippen LogP) is 10.0. The van der Waals surface area contributed by atoms with Gasteiger partial charge in [0.05, 0.1) is 9.79 Å². The fraction of sp³-hybridized carbons (Fsp3) is 0.154. The van der Waals surface area contributed by atoms with Crippen LogP contribution >= 0.6 is 0 Å². The van der Waals surface area contributed by atoms with Crippen molar-refractivity contribution < 1.29 is 44.7 Å². The molecule has 14 heteroatoms. The Balaban J connectivity index is 0.000000266. The Morgan fingerprint density at radius 3 is 1.15 bits per heavy atom. The van der Waals surface area contributed by atoms with Gasteiger partial charge in [-0.05, 0) is 110 Å². The highest BCUT2D eigenvalue weighted by atomic mass is 32.2. The van der Waals surface area contributed by atoms with E-state index in [-0.39, 0.29) is 21.6 Å². The molecule has 6 aromatic carbocycles. The van der Waals surface area contributed by atoms with Crippen LogP contribution in [0.25, 0.3) is 32.9 Å². The summed E-state index contributed by atoms with van der Waals surface area (Å²) in [4.78, 5) is 25.9. The number of carbonyl (C=O) groups is 2. The van der Waals surface area contributed by atoms with Gasteiger partial charge in [0, 0.05) is 70.4 Å². The molecule has 0 saturated heterocycles. The Kier molecular flexibility index (Phi) is 15.9. The minimum Gasteiger partial charge on any atom is -0.322 e. The van der Waals surface area contributed by atoms with Crippen molar-refractivity contribution in [1.82, 2.24) is 0 Å². The molecular weight excluding hydrogens is 873 g/mol. The van der Waals surface area contributed by atoms with Gasteiger partial charge in [0.1, 0.15) is 13.1 Å². The van der Waals surface area contributed by atoms with Crippen LogP contribution in [-0.4, -0.2) is 37.8 Å². The SMILES string of the molecule is CCC[n+]1cccc2cc(NC(=O)c3ccc(-c4ccc(C(=O)Nc5ccc6c(ccc[n+]6CCC)c5)cc4)cc3)ccc21.Cc1ccc(S(=O)(=O)O)cc1.Cc1ccc(S(=O)(=O)O)cc1. The summed E-state index contributed by atoms with van der Waals surface area (Å²) < 4.78 is 63.6. The molecule has 12 nitrogen and oxygen atoms in total. The quantitative estimate of drug-likeness (QED) is 0.0733. The van der Waals surface area contributed by atoms with Crippen molar-refractivity contribution in [2.45, 2.75) is 63.4 Å². The van der Waals surface area contributed by atoms with Gasteiger partial charge in [-0.1, -0.05) is 73.5 Å². The molecule has 0 bridgehead atoms. The van der Waals surface area contributed by atoms with Crippen molar-refractivity contribution in [3.63, 3.8) is 0 Å². The first-order valence-corrected chi connectivity index (χ1v) is 24.2. The van der Waals surface area contributed by atoms with E-state index in [2.05, 4.69) is 70.3 Å². The lowest BCUT2D eigenvalue weighted by molar-refractivity contribution is -0.671. The van der Waals surface area contributed by atoms with Crippen LogP contribution in [0, 0.1) is 13.8 Å². The van der Waals surface area contributed by atoms with Crippen LogP contribution in [0.1, 0.15) is 58.5 Å². The van der Waals surface area contributed by atoms with E-state index in [4.69, 9.17) is 9.11 Å². The molecule has 0 aliphatic carbocycles. The maximum Gasteiger partial charge on any atom is 0.294 e. The number of hydrogen-bond donors (Lipinski definition) is 4. The summed E-state index contributed by atoms with van der Waals surface area (Å²) in [5.41, 5.74) is 8.82. The number of rotatable bonds is 11. The highest BCUT2D eigenvalue weighted by Crippen LogP contribution is 2.23. The standard InChI is InChI=1S/C38H34N4O2.2C7H8O3S/c1-3-21-41-23-5-7-31-25-33(17-19-35(31)41)39-37(43)29-13-9-27(10-14-29)28-11-15-30(16-12-28)38(44)40-34-18-20-36-32(26-34)8-6-24-42(36)22-4-2;2*1-6-2-4-7(5-3-6)11(8,9)10/h5-20,23-26H,3-4,21-22H2,1-2H3;2*2-5H,1H3,(H,8,9,10)/p+2. The molecule has 0 fully saturated rings. The van der Waals surface area contributed by atoms with E-state index >= 15 is 0 Å². The first-order chi connectivity index (χ1) is 31.5. The molecule has 66 heavy (non-hydrogen) atoms. The molecule has 2 amide bonds. The van der Waals surface area contributed by atoms with Crippen LogP contribution in [0.4, 0.5) is 11.4 Å². The van der Waals surface area contributed by atoms with E-state index in [1.54, 1.807) is 24.3 Å². The van der Waals surface area contributed by atoms with E-state index in [0.29, 0.717) is 11.1 Å². The molecule has 4 N–H and O–H groups in total. The molecule has 0 atom stereocenters. The third-order valence-electron chi connectivity index (χ3n) is 10.5. The second-order valence-electron chi connectivity index (χ2n) is 15.6. The number of nitrogens with zero attached hydrogens (tertiary/aromatic N) is 2. The molecule has 338 valence electrons. The van der Waals surface area contributed by atoms with Gasteiger partial charge < -0.3 is 10.6 Å². The molecule has 8 aromatic rings. The van der Waals surface area contributed by atoms with Crippen LogP contribution in [0.5, 0.6) is 0 Å². The number of carbonyl (C=O) groups excluding carboxylic acids is 2. The smallest absolute Gasteiger partial charge is 0.294 e. The van der Waals surface area contributed by atoms with E-state index in [1.807, 2.05) is 98.8 Å². The van der Waals surface area contributed by atoms with Crippen molar-refractivity contribution in [3.05, 3.63) is 192 Å². The Hall–Kier alpha value is -7.10. The molecule has 0 aliphatic rings. The molecule has 2 heterocycles. The molecule has 0 radical (unpaired) electrons. The summed E-state index contributed by atoms with van der Waals surface area (Å²) >= 11 is 0. The number of hydrogen-bond acceptors (Lipinski definition) is 6. The summed E-state index contributed by atoms with van der Waals surface area (Å²) in [5.74, 6) is -0.316. The third-order valence-corrected chi connectivity index (χ3v) is 12.2. The van der Waals surface area contributed by atoms with Gasteiger partial charge in [0.25, 0.3) is 32.1 Å². The molecule has 8 rings (SSSR count). The maximum atomic E-state index is 13.0. The zero-order chi connectivity index (χ0) is 47.4. The van der Waals surface area contributed by atoms with Crippen LogP contribution in [0.15, 0.2) is 180 Å². The number of aryl methyl sites for hydroxylation is 4. The van der Waals surface area contributed by atoms with Crippen molar-refractivity contribution in [2.75, 3.05) is 10.6 Å². The van der Waals surface area contributed by atoms with E-state index in [0.717, 1.165) is 81.4 Å². The molecule has 0 saturated carbocycles. The minimum atomic E-state index is -4.02. The van der Waals surface area contributed by atoms with Crippen LogP contribution in [0.2, 0.25) is 0 Å². The zero-order valence-electron chi connectivity index (χ0n) is 37.0. The Morgan fingerprint density at radius 1 is 0.485 bits per heavy atom. The average molecular weight is 925 g/mol. The normalized spacial score (nSPS) is 11.2. The monoisotopic (exact) mass is 924 g/mol. The van der Waals surface area contributed by atoms with Crippen molar-refractivity contribution in [1.29, 1.82) is 0 Å². The average Bonchev–Trinajstić information content (AvgIpc) is 3.29. The summed E-state index contributed by atoms with van der Waals surface area (Å²) in [6.07, 6.45) is 6.29. The summed E-state index contributed by atoms with van der Waals surface area (Å²) in [7, 11) is -8.04. The number of benzene rings is 6. The van der Waals surface area contributed by atoms with Gasteiger partial charge in [-0.15, -0.1) is 0 Å². The van der Waals surface area contributed by atoms with Gasteiger partial charge in [0.15, 0.2) is 12.4 Å². The Labute approximate surface area is 385 Å². The summed E-state index contributed by atoms with van der Waals surface area (Å²) in [6, 6.07) is 47.2. The fourth-order valence-electron chi connectivity index (χ4n) is 7.04. The van der Waals surface area contributed by atoms with Crippen LogP contribution in [0.3, 0.4) is 0 Å². The van der Waals surface area contributed by atoms with Gasteiger partial charge in [-0.3, -0.25) is 18.7 Å². The van der Waals surface area contributed by atoms with Gasteiger partial charge in [-0.25, -0.2) is 0 Å². The van der Waals surface area contributed by atoms with Crippen molar-refractivity contribution >= 4 is 65.2 Å².